The van der Waals surface area contributed by atoms with Crippen LogP contribution in [0.4, 0.5) is 0 Å². The van der Waals surface area contributed by atoms with Crippen molar-refractivity contribution >= 4 is 10.9 Å². The zero-order valence-corrected chi connectivity index (χ0v) is 16.8. The first kappa shape index (κ1) is 18.4. The first-order valence-corrected chi connectivity index (χ1v) is 10.0. The van der Waals surface area contributed by atoms with Crippen molar-refractivity contribution in [2.45, 2.75) is 26.3 Å². The third kappa shape index (κ3) is 2.78. The fourth-order valence-electron chi connectivity index (χ4n) is 4.67. The number of aromatic amines is 2. The van der Waals surface area contributed by atoms with Gasteiger partial charge in [-0.2, -0.15) is 0 Å². The average Bonchev–Trinajstić information content (AvgIpc) is 3.06. The second kappa shape index (κ2) is 6.74. The molecule has 0 unspecified atom stereocenters. The van der Waals surface area contributed by atoms with Gasteiger partial charge in [0.25, 0.3) is 5.56 Å². The van der Waals surface area contributed by atoms with Gasteiger partial charge in [-0.3, -0.25) is 9.78 Å². The number of H-pyrrole nitrogens is 2. The molecule has 5 rings (SSSR count). The number of aromatic nitrogens is 3. The Hall–Kier alpha value is -3.58. The van der Waals surface area contributed by atoms with Gasteiger partial charge in [-0.1, -0.05) is 24.3 Å². The summed E-state index contributed by atoms with van der Waals surface area (Å²) in [5.74, 6) is -0.318. The second-order valence-corrected chi connectivity index (χ2v) is 7.99. The Bertz CT molecular complexity index is 1390. The van der Waals surface area contributed by atoms with Crippen molar-refractivity contribution < 1.29 is 10.4 Å². The molecule has 3 heterocycles. The van der Waals surface area contributed by atoms with Crippen LogP contribution in [0.25, 0.3) is 16.6 Å². The summed E-state index contributed by atoms with van der Waals surface area (Å²) < 4.78 is 1.18. The van der Waals surface area contributed by atoms with Crippen molar-refractivity contribution in [3.8, 4) is 11.6 Å². The zero-order chi connectivity index (χ0) is 21.0. The molecule has 1 aliphatic heterocycles. The Morgan fingerprint density at radius 3 is 2.57 bits per heavy atom. The summed E-state index contributed by atoms with van der Waals surface area (Å²) in [5.41, 5.74) is 4.47. The maximum Gasteiger partial charge on any atom is 0.335 e. The second-order valence-electron chi connectivity index (χ2n) is 7.99. The predicted molar refractivity (Wildman–Crippen MR) is 114 cm³/mol. The van der Waals surface area contributed by atoms with Gasteiger partial charge in [0, 0.05) is 17.3 Å². The van der Waals surface area contributed by atoms with E-state index in [1.165, 1.54) is 4.57 Å². The first-order chi connectivity index (χ1) is 14.4. The molecule has 0 saturated carbocycles. The number of para-hydroxylation sites is 1. The lowest BCUT2D eigenvalue weighted by Crippen LogP contribution is -2.87. The van der Waals surface area contributed by atoms with Crippen LogP contribution in [0.15, 0.2) is 52.1 Å². The molecular weight excluding hydrogens is 380 g/mol. The number of aryl methyl sites for hydroxylation is 2. The van der Waals surface area contributed by atoms with Crippen LogP contribution in [0.2, 0.25) is 0 Å². The van der Waals surface area contributed by atoms with E-state index in [9.17, 15) is 14.7 Å². The van der Waals surface area contributed by atoms with E-state index in [2.05, 4.69) is 16.0 Å². The van der Waals surface area contributed by atoms with Crippen molar-refractivity contribution in [3.05, 3.63) is 91.3 Å². The van der Waals surface area contributed by atoms with E-state index in [-0.39, 0.29) is 11.4 Å². The number of aromatic hydroxyl groups is 1. The lowest BCUT2D eigenvalue weighted by Gasteiger charge is -2.22. The van der Waals surface area contributed by atoms with Crippen LogP contribution in [0.3, 0.4) is 0 Å². The van der Waals surface area contributed by atoms with E-state index in [1.54, 1.807) is 0 Å². The van der Waals surface area contributed by atoms with Crippen LogP contribution in [0.1, 0.15) is 34.0 Å². The van der Waals surface area contributed by atoms with E-state index < -0.39 is 17.3 Å². The number of benzene rings is 2. The number of fused-ring (bicyclic) bond motifs is 3. The fraction of sp³-hybridized carbons (Fsp3) is 0.217. The van der Waals surface area contributed by atoms with E-state index in [1.807, 2.05) is 55.6 Å². The topological polar surface area (TPSA) is 107 Å². The number of quaternary nitrogens is 1. The Morgan fingerprint density at radius 1 is 1.07 bits per heavy atom. The maximum absolute atomic E-state index is 12.8. The van der Waals surface area contributed by atoms with Crippen molar-refractivity contribution in [1.29, 1.82) is 0 Å². The minimum absolute atomic E-state index is 0.182. The molecule has 0 spiro atoms. The first-order valence-electron chi connectivity index (χ1n) is 10.0. The SMILES string of the molecule is Cc1cc(C)cc(-n2c(O)c([C@@H]3[NH2+]CCc4c3[nH]c3ccccc43)c(=O)[nH]c2=O)c1. The van der Waals surface area contributed by atoms with Gasteiger partial charge < -0.3 is 15.4 Å². The summed E-state index contributed by atoms with van der Waals surface area (Å²) >= 11 is 0. The summed E-state index contributed by atoms with van der Waals surface area (Å²) in [7, 11) is 0. The largest absolute Gasteiger partial charge is 0.494 e. The number of rotatable bonds is 2. The van der Waals surface area contributed by atoms with Gasteiger partial charge in [-0.05, 0) is 48.7 Å². The Balaban J connectivity index is 1.76. The molecule has 5 N–H and O–H groups in total. The molecule has 4 aromatic rings. The molecule has 2 aromatic carbocycles. The van der Waals surface area contributed by atoms with Crippen LogP contribution in [0.5, 0.6) is 5.88 Å². The van der Waals surface area contributed by atoms with Gasteiger partial charge in [0.2, 0.25) is 5.88 Å². The molecule has 0 bridgehead atoms. The highest BCUT2D eigenvalue weighted by Crippen LogP contribution is 2.32. The van der Waals surface area contributed by atoms with Crippen molar-refractivity contribution in [3.63, 3.8) is 0 Å². The third-order valence-corrected chi connectivity index (χ3v) is 5.85. The molecule has 7 heteroatoms. The quantitative estimate of drug-likeness (QED) is 0.408. The minimum Gasteiger partial charge on any atom is -0.494 e. The van der Waals surface area contributed by atoms with Gasteiger partial charge in [-0.15, -0.1) is 0 Å². The molecule has 1 aliphatic rings. The molecule has 2 aromatic heterocycles. The predicted octanol–water partition coefficient (Wildman–Crippen LogP) is 1.54. The fourth-order valence-corrected chi connectivity index (χ4v) is 4.67. The number of nitrogens with zero attached hydrogens (tertiary/aromatic N) is 1. The van der Waals surface area contributed by atoms with E-state index in [0.717, 1.165) is 46.3 Å². The zero-order valence-electron chi connectivity index (χ0n) is 16.8. The maximum atomic E-state index is 12.8. The normalized spacial score (nSPS) is 16.0. The molecule has 0 saturated heterocycles. The Kier molecular flexibility index (Phi) is 4.15. The van der Waals surface area contributed by atoms with Gasteiger partial charge in [0.05, 0.1) is 17.9 Å². The van der Waals surface area contributed by atoms with Gasteiger partial charge in [-0.25, -0.2) is 9.36 Å². The van der Waals surface area contributed by atoms with Crippen LogP contribution in [-0.2, 0) is 6.42 Å². The van der Waals surface area contributed by atoms with E-state index in [4.69, 9.17) is 0 Å². The summed E-state index contributed by atoms with van der Waals surface area (Å²) in [6.07, 6.45) is 0.866. The average molecular weight is 403 g/mol. The summed E-state index contributed by atoms with van der Waals surface area (Å²) in [4.78, 5) is 31.3. The van der Waals surface area contributed by atoms with Gasteiger partial charge in [0.1, 0.15) is 5.56 Å². The van der Waals surface area contributed by atoms with Crippen LogP contribution in [-0.4, -0.2) is 26.2 Å². The Morgan fingerprint density at radius 2 is 1.80 bits per heavy atom. The highest BCUT2D eigenvalue weighted by molar-refractivity contribution is 5.85. The number of hydrogen-bond donors (Lipinski definition) is 4. The lowest BCUT2D eigenvalue weighted by atomic mass is 9.95. The molecular formula is C23H23N4O3+. The standard InChI is InChI=1S/C23H22N4O3/c1-12-9-13(2)11-14(10-12)27-22(29)18(21(28)26-23(27)30)20-19-16(7-8-24-20)15-5-3-4-6-17(15)25-19/h3-6,9-11,20,24-25,29H,7-8H2,1-2H3,(H,26,28,30)/p+1/t20-/m0/s1. The molecule has 7 nitrogen and oxygen atoms in total. The van der Waals surface area contributed by atoms with E-state index in [0.29, 0.717) is 5.69 Å². The highest BCUT2D eigenvalue weighted by Gasteiger charge is 2.34. The molecule has 0 fully saturated rings. The monoisotopic (exact) mass is 403 g/mol. The summed E-state index contributed by atoms with van der Waals surface area (Å²) in [5, 5.41) is 14.3. The van der Waals surface area contributed by atoms with Crippen molar-refractivity contribution in [2.24, 2.45) is 0 Å². The van der Waals surface area contributed by atoms with Gasteiger partial charge >= 0.3 is 5.69 Å². The van der Waals surface area contributed by atoms with Crippen LogP contribution >= 0.6 is 0 Å². The number of nitrogens with two attached hydrogens (primary N) is 1. The highest BCUT2D eigenvalue weighted by atomic mass is 16.3. The number of hydrogen-bond acceptors (Lipinski definition) is 3. The molecule has 0 amide bonds. The molecule has 152 valence electrons. The number of nitrogens with one attached hydrogen (secondary N) is 2. The smallest absolute Gasteiger partial charge is 0.335 e. The molecule has 0 radical (unpaired) electrons. The molecule has 1 atom stereocenters. The van der Waals surface area contributed by atoms with Crippen molar-refractivity contribution in [2.75, 3.05) is 6.54 Å². The van der Waals surface area contributed by atoms with Crippen molar-refractivity contribution in [1.82, 2.24) is 14.5 Å². The molecule has 0 aliphatic carbocycles. The summed E-state index contributed by atoms with van der Waals surface area (Å²) in [6.45, 7) is 4.63. The van der Waals surface area contributed by atoms with Crippen LogP contribution in [0, 0.1) is 13.8 Å². The van der Waals surface area contributed by atoms with Gasteiger partial charge in [0.15, 0.2) is 6.04 Å². The van der Waals surface area contributed by atoms with E-state index >= 15 is 0 Å². The Labute approximate surface area is 172 Å². The summed E-state index contributed by atoms with van der Waals surface area (Å²) in [6, 6.07) is 13.2. The minimum atomic E-state index is -0.654. The third-order valence-electron chi connectivity index (χ3n) is 5.85. The molecule has 30 heavy (non-hydrogen) atoms. The van der Waals surface area contributed by atoms with Crippen LogP contribution < -0.4 is 16.6 Å². The lowest BCUT2D eigenvalue weighted by molar-refractivity contribution is -0.690.